The average molecular weight is 477 g/mol. The summed E-state index contributed by atoms with van der Waals surface area (Å²) in [5.74, 6) is -1.82. The van der Waals surface area contributed by atoms with Crippen LogP contribution in [0.4, 0.5) is 0 Å². The number of carbonyl (C=O) groups excluding carboxylic acids is 1. The van der Waals surface area contributed by atoms with Crippen molar-refractivity contribution in [2.24, 2.45) is 0 Å². The molecule has 4 aromatic rings. The molecule has 34 heavy (non-hydrogen) atoms. The first-order valence-corrected chi connectivity index (χ1v) is 10.8. The molecule has 0 spiro atoms. The summed E-state index contributed by atoms with van der Waals surface area (Å²) >= 11 is 6.40. The van der Waals surface area contributed by atoms with Gasteiger partial charge in [0.05, 0.1) is 22.8 Å². The lowest BCUT2D eigenvalue weighted by Gasteiger charge is -2.22. The number of benzene rings is 2. The highest BCUT2D eigenvalue weighted by molar-refractivity contribution is 6.33. The number of amides is 1. The van der Waals surface area contributed by atoms with E-state index in [1.54, 1.807) is 42.6 Å². The zero-order chi connectivity index (χ0) is 24.1. The van der Waals surface area contributed by atoms with Crippen LogP contribution < -0.4 is 5.32 Å². The zero-order valence-electron chi connectivity index (χ0n) is 17.9. The molecule has 2 aromatic heterocycles. The fourth-order valence-corrected chi connectivity index (χ4v) is 3.78. The van der Waals surface area contributed by atoms with E-state index in [2.05, 4.69) is 15.4 Å². The van der Waals surface area contributed by atoms with E-state index in [1.165, 1.54) is 10.9 Å². The minimum Gasteiger partial charge on any atom is -0.479 e. The molecule has 0 aliphatic heterocycles. The standard InChI is InChI=1S/C25H21ClN4O4/c26-19-15-30(29-21(19)17-10-5-2-6-11-17)23-18(12-7-13-27-23)24(32)28-20(22(31)25(33)34)14-16-8-3-1-4-9-16/h1-13,15,20,22,31H,14H2,(H,28,32)(H,33,34). The quantitative estimate of drug-likeness (QED) is 0.359. The summed E-state index contributed by atoms with van der Waals surface area (Å²) < 4.78 is 1.40. The minimum atomic E-state index is -1.80. The number of aliphatic hydroxyl groups excluding tert-OH is 1. The second-order valence-corrected chi connectivity index (χ2v) is 7.97. The van der Waals surface area contributed by atoms with Crippen LogP contribution >= 0.6 is 11.6 Å². The molecule has 0 saturated heterocycles. The number of hydrogen-bond donors (Lipinski definition) is 3. The Hall–Kier alpha value is -4.01. The number of halogens is 1. The average Bonchev–Trinajstić information content (AvgIpc) is 3.25. The van der Waals surface area contributed by atoms with Crippen LogP contribution in [-0.4, -0.2) is 49.0 Å². The number of pyridine rings is 1. The monoisotopic (exact) mass is 476 g/mol. The summed E-state index contributed by atoms with van der Waals surface area (Å²) in [6.07, 6.45) is 1.39. The Morgan fingerprint density at radius 3 is 2.35 bits per heavy atom. The van der Waals surface area contributed by atoms with Gasteiger partial charge in [-0.2, -0.15) is 5.10 Å². The van der Waals surface area contributed by atoms with Crippen molar-refractivity contribution in [3.63, 3.8) is 0 Å². The molecule has 172 valence electrons. The van der Waals surface area contributed by atoms with E-state index in [1.807, 2.05) is 36.4 Å². The number of nitrogens with one attached hydrogen (secondary N) is 1. The number of aliphatic hydroxyl groups is 1. The Kier molecular flexibility index (Phi) is 7.01. The molecule has 3 N–H and O–H groups in total. The molecule has 0 aliphatic carbocycles. The zero-order valence-corrected chi connectivity index (χ0v) is 18.6. The number of carboxylic acids is 1. The van der Waals surface area contributed by atoms with Crippen molar-refractivity contribution >= 4 is 23.5 Å². The molecule has 4 rings (SSSR count). The molecule has 0 radical (unpaired) electrons. The molecule has 2 atom stereocenters. The summed E-state index contributed by atoms with van der Waals surface area (Å²) in [5.41, 5.74) is 2.26. The molecule has 1 amide bonds. The maximum atomic E-state index is 13.2. The number of hydrogen-bond acceptors (Lipinski definition) is 5. The van der Waals surface area contributed by atoms with Crippen molar-refractivity contribution < 1.29 is 19.8 Å². The van der Waals surface area contributed by atoms with E-state index in [-0.39, 0.29) is 17.8 Å². The van der Waals surface area contributed by atoms with Crippen LogP contribution in [0, 0.1) is 0 Å². The summed E-state index contributed by atoms with van der Waals surface area (Å²) in [5, 5.41) is 27.1. The molecular weight excluding hydrogens is 456 g/mol. The highest BCUT2D eigenvalue weighted by Gasteiger charge is 2.29. The molecule has 8 nitrogen and oxygen atoms in total. The van der Waals surface area contributed by atoms with E-state index in [9.17, 15) is 19.8 Å². The molecule has 2 heterocycles. The van der Waals surface area contributed by atoms with Crippen molar-refractivity contribution in [2.75, 3.05) is 0 Å². The van der Waals surface area contributed by atoms with Crippen LogP contribution in [0.1, 0.15) is 15.9 Å². The summed E-state index contributed by atoms with van der Waals surface area (Å²) in [7, 11) is 0. The molecule has 0 aliphatic rings. The van der Waals surface area contributed by atoms with Gasteiger partial charge in [0.15, 0.2) is 11.9 Å². The van der Waals surface area contributed by atoms with Crippen LogP contribution in [-0.2, 0) is 11.2 Å². The lowest BCUT2D eigenvalue weighted by Crippen LogP contribution is -2.48. The Morgan fingerprint density at radius 1 is 1.00 bits per heavy atom. The maximum Gasteiger partial charge on any atom is 0.334 e. The van der Waals surface area contributed by atoms with Gasteiger partial charge in [-0.25, -0.2) is 14.5 Å². The predicted molar refractivity (Wildman–Crippen MR) is 127 cm³/mol. The molecule has 0 bridgehead atoms. The fourth-order valence-electron chi connectivity index (χ4n) is 3.54. The van der Waals surface area contributed by atoms with Crippen molar-refractivity contribution in [1.82, 2.24) is 20.1 Å². The first-order chi connectivity index (χ1) is 16.4. The van der Waals surface area contributed by atoms with E-state index < -0.39 is 24.0 Å². The Morgan fingerprint density at radius 2 is 1.68 bits per heavy atom. The van der Waals surface area contributed by atoms with E-state index in [0.717, 1.165) is 11.1 Å². The largest absolute Gasteiger partial charge is 0.479 e. The third kappa shape index (κ3) is 5.14. The van der Waals surface area contributed by atoms with Gasteiger partial charge < -0.3 is 15.5 Å². The van der Waals surface area contributed by atoms with Gasteiger partial charge in [0.1, 0.15) is 5.69 Å². The minimum absolute atomic E-state index is 0.126. The van der Waals surface area contributed by atoms with Crippen LogP contribution in [0.5, 0.6) is 0 Å². The van der Waals surface area contributed by atoms with Gasteiger partial charge in [-0.1, -0.05) is 72.3 Å². The van der Waals surface area contributed by atoms with Gasteiger partial charge in [0.25, 0.3) is 5.91 Å². The topological polar surface area (TPSA) is 117 Å². The van der Waals surface area contributed by atoms with Crippen LogP contribution in [0.15, 0.2) is 85.2 Å². The highest BCUT2D eigenvalue weighted by atomic mass is 35.5. The number of nitrogens with zero attached hydrogens (tertiary/aromatic N) is 3. The number of aromatic nitrogens is 3. The summed E-state index contributed by atoms with van der Waals surface area (Å²) in [4.78, 5) is 29.0. The van der Waals surface area contributed by atoms with Crippen molar-refractivity contribution in [3.05, 3.63) is 101 Å². The van der Waals surface area contributed by atoms with E-state index in [4.69, 9.17) is 11.6 Å². The Labute approximate surface area is 200 Å². The first-order valence-electron chi connectivity index (χ1n) is 10.5. The van der Waals surface area contributed by atoms with Crippen molar-refractivity contribution in [3.8, 4) is 17.1 Å². The third-order valence-electron chi connectivity index (χ3n) is 5.21. The molecule has 0 saturated carbocycles. The molecule has 0 fully saturated rings. The first kappa shape index (κ1) is 23.2. The van der Waals surface area contributed by atoms with Crippen molar-refractivity contribution in [2.45, 2.75) is 18.6 Å². The van der Waals surface area contributed by atoms with Crippen LogP contribution in [0.2, 0.25) is 5.02 Å². The smallest absolute Gasteiger partial charge is 0.334 e. The molecular formula is C25H21ClN4O4. The fraction of sp³-hybridized carbons (Fsp3) is 0.120. The van der Waals surface area contributed by atoms with Gasteiger partial charge in [-0.3, -0.25) is 4.79 Å². The summed E-state index contributed by atoms with van der Waals surface area (Å²) in [6, 6.07) is 20.4. The molecule has 2 aromatic carbocycles. The lowest BCUT2D eigenvalue weighted by molar-refractivity contribution is -0.148. The normalized spacial score (nSPS) is 12.6. The number of carbonyl (C=O) groups is 2. The maximum absolute atomic E-state index is 13.2. The van der Waals surface area contributed by atoms with Gasteiger partial charge >= 0.3 is 5.97 Å². The van der Waals surface area contributed by atoms with Gasteiger partial charge in [-0.15, -0.1) is 0 Å². The van der Waals surface area contributed by atoms with Gasteiger partial charge in [0, 0.05) is 11.8 Å². The van der Waals surface area contributed by atoms with Crippen LogP contribution in [0.3, 0.4) is 0 Å². The number of carboxylic acid groups (broad SMARTS) is 1. The number of aliphatic carboxylic acids is 1. The second-order valence-electron chi connectivity index (χ2n) is 7.56. The second kappa shape index (κ2) is 10.3. The van der Waals surface area contributed by atoms with Crippen molar-refractivity contribution in [1.29, 1.82) is 0 Å². The molecule has 2 unspecified atom stereocenters. The highest BCUT2D eigenvalue weighted by Crippen LogP contribution is 2.27. The number of rotatable bonds is 8. The van der Waals surface area contributed by atoms with Crippen LogP contribution in [0.25, 0.3) is 17.1 Å². The Bertz CT molecular complexity index is 1290. The predicted octanol–water partition coefficient (Wildman–Crippen LogP) is 3.37. The SMILES string of the molecule is O=C(NC(Cc1ccccc1)C(O)C(=O)O)c1cccnc1-n1cc(Cl)c(-c2ccccc2)n1. The lowest BCUT2D eigenvalue weighted by atomic mass is 10.0. The van der Waals surface area contributed by atoms with Gasteiger partial charge in [-0.05, 0) is 24.1 Å². The van der Waals surface area contributed by atoms with Gasteiger partial charge in [0.2, 0.25) is 0 Å². The summed E-state index contributed by atoms with van der Waals surface area (Å²) in [6.45, 7) is 0. The Balaban J connectivity index is 1.64. The third-order valence-corrected chi connectivity index (χ3v) is 5.49. The van der Waals surface area contributed by atoms with E-state index >= 15 is 0 Å². The van der Waals surface area contributed by atoms with E-state index in [0.29, 0.717) is 10.7 Å². The molecule has 9 heteroatoms.